The van der Waals surface area contributed by atoms with E-state index < -0.39 is 5.91 Å². The Bertz CT molecular complexity index is 998. The molecule has 3 rings (SSSR count). The Morgan fingerprint density at radius 2 is 1.71 bits per heavy atom. The second-order valence-corrected chi connectivity index (χ2v) is 7.02. The molecule has 142 valence electrons. The standard InChI is InChI=1S/C21H18FN3O2S/c1-14-18(28-21(24-14)15-5-3-2-4-6-15)13-23-19(26)11-12-20(27)25-17-9-7-16(22)8-10-17/h2-12H,13H2,1H3,(H,23,26)(H,25,27)/b12-11-. The van der Waals surface area contributed by atoms with Crippen molar-refractivity contribution in [2.24, 2.45) is 0 Å². The van der Waals surface area contributed by atoms with Gasteiger partial charge in [0.15, 0.2) is 0 Å². The van der Waals surface area contributed by atoms with E-state index in [1.54, 1.807) is 0 Å². The van der Waals surface area contributed by atoms with Crippen LogP contribution in [0.3, 0.4) is 0 Å². The number of nitrogens with one attached hydrogen (secondary N) is 2. The fraction of sp³-hybridized carbons (Fsp3) is 0.0952. The third kappa shape index (κ3) is 5.34. The van der Waals surface area contributed by atoms with Gasteiger partial charge in [0, 0.05) is 28.3 Å². The first-order valence-corrected chi connectivity index (χ1v) is 9.37. The maximum atomic E-state index is 12.8. The summed E-state index contributed by atoms with van der Waals surface area (Å²) >= 11 is 1.52. The van der Waals surface area contributed by atoms with Crippen molar-refractivity contribution >= 4 is 28.8 Å². The third-order valence-corrected chi connectivity index (χ3v) is 5.04. The zero-order valence-electron chi connectivity index (χ0n) is 15.1. The number of benzene rings is 2. The lowest BCUT2D eigenvalue weighted by molar-refractivity contribution is -0.117. The number of nitrogens with zero attached hydrogens (tertiary/aromatic N) is 1. The molecule has 0 saturated heterocycles. The third-order valence-electron chi connectivity index (χ3n) is 3.83. The van der Waals surface area contributed by atoms with E-state index in [1.165, 1.54) is 35.6 Å². The fourth-order valence-corrected chi connectivity index (χ4v) is 3.40. The van der Waals surface area contributed by atoms with Crippen LogP contribution in [0.2, 0.25) is 0 Å². The van der Waals surface area contributed by atoms with Crippen LogP contribution in [0.4, 0.5) is 10.1 Å². The topological polar surface area (TPSA) is 71.1 Å². The summed E-state index contributed by atoms with van der Waals surface area (Å²) in [7, 11) is 0. The monoisotopic (exact) mass is 395 g/mol. The first kappa shape index (κ1) is 19.4. The summed E-state index contributed by atoms with van der Waals surface area (Å²) in [6, 6.07) is 15.2. The average molecular weight is 395 g/mol. The van der Waals surface area contributed by atoms with Crippen LogP contribution in [-0.4, -0.2) is 16.8 Å². The van der Waals surface area contributed by atoms with Crippen LogP contribution in [0.25, 0.3) is 10.6 Å². The molecule has 5 nitrogen and oxygen atoms in total. The summed E-state index contributed by atoms with van der Waals surface area (Å²) < 4.78 is 12.8. The highest BCUT2D eigenvalue weighted by Crippen LogP contribution is 2.27. The van der Waals surface area contributed by atoms with Gasteiger partial charge in [-0.3, -0.25) is 9.59 Å². The minimum absolute atomic E-state index is 0.332. The van der Waals surface area contributed by atoms with Crippen LogP contribution in [0.5, 0.6) is 0 Å². The molecule has 2 aromatic carbocycles. The van der Waals surface area contributed by atoms with Crippen molar-refractivity contribution in [2.75, 3.05) is 5.32 Å². The number of hydrogen-bond donors (Lipinski definition) is 2. The zero-order chi connectivity index (χ0) is 19.9. The zero-order valence-corrected chi connectivity index (χ0v) is 15.9. The molecular formula is C21H18FN3O2S. The highest BCUT2D eigenvalue weighted by atomic mass is 32.1. The minimum Gasteiger partial charge on any atom is -0.348 e. The molecule has 2 amide bonds. The largest absolute Gasteiger partial charge is 0.348 e. The molecule has 0 saturated carbocycles. The maximum absolute atomic E-state index is 12.8. The van der Waals surface area contributed by atoms with Gasteiger partial charge in [0.25, 0.3) is 0 Å². The summed E-state index contributed by atoms with van der Waals surface area (Å²) in [5.41, 5.74) is 2.35. The first-order valence-electron chi connectivity index (χ1n) is 8.55. The second kappa shape index (κ2) is 9.05. The lowest BCUT2D eigenvalue weighted by Crippen LogP contribution is -2.21. The van der Waals surface area contributed by atoms with Gasteiger partial charge in [0.05, 0.1) is 12.2 Å². The van der Waals surface area contributed by atoms with E-state index in [9.17, 15) is 14.0 Å². The van der Waals surface area contributed by atoms with Crippen molar-refractivity contribution in [1.29, 1.82) is 0 Å². The van der Waals surface area contributed by atoms with Gasteiger partial charge in [0.1, 0.15) is 10.8 Å². The molecule has 28 heavy (non-hydrogen) atoms. The Labute approximate surface area is 165 Å². The molecule has 2 N–H and O–H groups in total. The van der Waals surface area contributed by atoms with Gasteiger partial charge in [0.2, 0.25) is 11.8 Å². The second-order valence-electron chi connectivity index (χ2n) is 5.94. The summed E-state index contributed by atoms with van der Waals surface area (Å²) in [6.07, 6.45) is 2.29. The number of aryl methyl sites for hydroxylation is 1. The number of rotatable bonds is 6. The van der Waals surface area contributed by atoms with Gasteiger partial charge in [-0.1, -0.05) is 30.3 Å². The van der Waals surface area contributed by atoms with Crippen molar-refractivity contribution < 1.29 is 14.0 Å². The highest BCUT2D eigenvalue weighted by Gasteiger charge is 2.10. The van der Waals surface area contributed by atoms with Gasteiger partial charge in [-0.25, -0.2) is 9.37 Å². The van der Waals surface area contributed by atoms with E-state index in [0.717, 1.165) is 33.3 Å². The highest BCUT2D eigenvalue weighted by molar-refractivity contribution is 7.15. The van der Waals surface area contributed by atoms with Crippen LogP contribution in [-0.2, 0) is 16.1 Å². The Balaban J connectivity index is 1.52. The predicted octanol–water partition coefficient (Wildman–Crippen LogP) is 4.07. The van der Waals surface area contributed by atoms with Crippen molar-refractivity contribution in [3.63, 3.8) is 0 Å². The summed E-state index contributed by atoms with van der Waals surface area (Å²) in [4.78, 5) is 29.3. The number of carbonyl (C=O) groups is 2. The molecule has 0 bridgehead atoms. The molecular weight excluding hydrogens is 377 g/mol. The van der Waals surface area contributed by atoms with E-state index in [0.29, 0.717) is 12.2 Å². The van der Waals surface area contributed by atoms with Crippen molar-refractivity contribution in [2.45, 2.75) is 13.5 Å². The Kier molecular flexibility index (Phi) is 6.29. The predicted molar refractivity (Wildman–Crippen MR) is 108 cm³/mol. The molecule has 3 aromatic rings. The average Bonchev–Trinajstić information content (AvgIpc) is 3.08. The van der Waals surface area contributed by atoms with Crippen LogP contribution >= 0.6 is 11.3 Å². The quantitative estimate of drug-likeness (QED) is 0.618. The Hall–Kier alpha value is -3.32. The van der Waals surface area contributed by atoms with Gasteiger partial charge < -0.3 is 10.6 Å². The van der Waals surface area contributed by atoms with E-state index in [-0.39, 0.29) is 11.7 Å². The fourth-order valence-electron chi connectivity index (χ4n) is 2.39. The molecule has 1 aromatic heterocycles. The minimum atomic E-state index is -0.470. The van der Waals surface area contributed by atoms with Crippen LogP contribution < -0.4 is 10.6 Å². The molecule has 0 radical (unpaired) electrons. The molecule has 0 spiro atoms. The van der Waals surface area contributed by atoms with Crippen LogP contribution in [0.15, 0.2) is 66.7 Å². The number of thiazole rings is 1. The number of halogens is 1. The van der Waals surface area contributed by atoms with Gasteiger partial charge in [-0.2, -0.15) is 0 Å². The van der Waals surface area contributed by atoms with Crippen molar-refractivity contribution in [3.8, 4) is 10.6 Å². The van der Waals surface area contributed by atoms with E-state index in [2.05, 4.69) is 15.6 Å². The van der Waals surface area contributed by atoms with Crippen molar-refractivity contribution in [3.05, 3.63) is 83.1 Å². The number of amides is 2. The molecule has 1 heterocycles. The lowest BCUT2D eigenvalue weighted by atomic mass is 10.2. The summed E-state index contributed by atoms with van der Waals surface area (Å²) in [6.45, 7) is 2.23. The lowest BCUT2D eigenvalue weighted by Gasteiger charge is -2.02. The van der Waals surface area contributed by atoms with E-state index >= 15 is 0 Å². The van der Waals surface area contributed by atoms with Crippen molar-refractivity contribution in [1.82, 2.24) is 10.3 Å². The summed E-state index contributed by atoms with van der Waals surface area (Å²) in [5.74, 6) is -1.24. The van der Waals surface area contributed by atoms with Crippen LogP contribution in [0.1, 0.15) is 10.6 Å². The summed E-state index contributed by atoms with van der Waals surface area (Å²) in [5, 5.41) is 6.19. The molecule has 0 fully saturated rings. The molecule has 7 heteroatoms. The number of aromatic nitrogens is 1. The number of hydrogen-bond acceptors (Lipinski definition) is 4. The molecule has 0 aliphatic heterocycles. The molecule has 0 atom stereocenters. The Morgan fingerprint density at radius 3 is 2.43 bits per heavy atom. The molecule has 0 aliphatic rings. The number of anilines is 1. The number of carbonyl (C=O) groups excluding carboxylic acids is 2. The van der Waals surface area contributed by atoms with E-state index in [1.807, 2.05) is 37.3 Å². The van der Waals surface area contributed by atoms with E-state index in [4.69, 9.17) is 0 Å². The molecule has 0 unspecified atom stereocenters. The van der Waals surface area contributed by atoms with Gasteiger partial charge >= 0.3 is 0 Å². The first-order chi connectivity index (χ1) is 13.5. The smallest absolute Gasteiger partial charge is 0.248 e. The van der Waals surface area contributed by atoms with Gasteiger partial charge in [-0.05, 0) is 31.2 Å². The molecule has 0 aliphatic carbocycles. The maximum Gasteiger partial charge on any atom is 0.248 e. The van der Waals surface area contributed by atoms with Crippen LogP contribution in [0, 0.1) is 12.7 Å². The van der Waals surface area contributed by atoms with Gasteiger partial charge in [-0.15, -0.1) is 11.3 Å². The normalized spacial score (nSPS) is 10.8. The SMILES string of the molecule is Cc1nc(-c2ccccc2)sc1CNC(=O)/C=C\C(=O)Nc1ccc(F)cc1. The Morgan fingerprint density at radius 1 is 1.04 bits per heavy atom.